The molecule has 0 rings (SSSR count). The number of carbonyl (C=O) groups excluding carboxylic acids is 1. The standard InChI is InChI=1S/C62H115N2O6P/c1-6-8-10-12-14-16-18-20-22-24-26-28-30-31-32-33-34-36-38-40-42-44-46-48-50-52-54-56-62(66)63-60(59-70-71(67,68)69-58-57-64(3,4)5)61(65)55-53-51-49-47-45-43-41-39-37-35-29-27-25-23-21-19-17-15-13-11-9-7-2/h8,10,14,16,20,22,26,28,45,47,53,55,60-61,65H,6-7,9,11-13,15,17-19,21,23-25,27,29-44,46,48-52,54,56-59H2,1-5H3,(H-,63,66,67,68)/p+1/b10-8-,16-14-,22-20-,28-26-,47-45+,55-53+. The number of unbranched alkanes of at least 4 members (excludes halogenated alkanes) is 31. The molecule has 0 heterocycles. The highest BCUT2D eigenvalue weighted by atomic mass is 31.2. The fourth-order valence-electron chi connectivity index (χ4n) is 8.52. The molecular formula is C62H116N2O6P+. The molecule has 0 saturated carbocycles. The number of nitrogens with zero attached hydrogens (tertiary/aromatic N) is 1. The number of quaternary nitrogens is 1. The van der Waals surface area contributed by atoms with Gasteiger partial charge in [0.25, 0.3) is 0 Å². The van der Waals surface area contributed by atoms with E-state index in [-0.39, 0.29) is 19.1 Å². The fourth-order valence-corrected chi connectivity index (χ4v) is 9.26. The van der Waals surface area contributed by atoms with Crippen molar-refractivity contribution in [3.63, 3.8) is 0 Å². The molecule has 3 unspecified atom stereocenters. The lowest BCUT2D eigenvalue weighted by atomic mass is 10.0. The van der Waals surface area contributed by atoms with E-state index in [1.54, 1.807) is 6.08 Å². The van der Waals surface area contributed by atoms with Crippen LogP contribution in [0.25, 0.3) is 0 Å². The molecule has 0 aliphatic heterocycles. The molecule has 0 aliphatic rings. The Labute approximate surface area is 440 Å². The molecule has 3 N–H and O–H groups in total. The molecule has 9 heteroatoms. The first kappa shape index (κ1) is 68.9. The van der Waals surface area contributed by atoms with Crippen LogP contribution in [-0.2, 0) is 18.4 Å². The number of phosphoric ester groups is 1. The van der Waals surface area contributed by atoms with Gasteiger partial charge in [0, 0.05) is 6.42 Å². The van der Waals surface area contributed by atoms with Crippen molar-refractivity contribution in [2.75, 3.05) is 40.9 Å². The number of carbonyl (C=O) groups is 1. The van der Waals surface area contributed by atoms with Gasteiger partial charge >= 0.3 is 7.82 Å². The van der Waals surface area contributed by atoms with E-state index in [1.165, 1.54) is 180 Å². The molecule has 0 saturated heterocycles. The summed E-state index contributed by atoms with van der Waals surface area (Å²) < 4.78 is 23.7. The van der Waals surface area contributed by atoms with Gasteiger partial charge in [0.05, 0.1) is 39.9 Å². The lowest BCUT2D eigenvalue weighted by Crippen LogP contribution is -2.45. The van der Waals surface area contributed by atoms with E-state index in [0.717, 1.165) is 64.2 Å². The number of amides is 1. The van der Waals surface area contributed by atoms with Crippen molar-refractivity contribution in [1.29, 1.82) is 0 Å². The average Bonchev–Trinajstić information content (AvgIpc) is 3.33. The molecule has 0 bridgehead atoms. The van der Waals surface area contributed by atoms with Gasteiger partial charge < -0.3 is 19.8 Å². The van der Waals surface area contributed by atoms with Crippen LogP contribution in [0.1, 0.15) is 264 Å². The van der Waals surface area contributed by atoms with E-state index in [9.17, 15) is 19.4 Å². The van der Waals surface area contributed by atoms with Crippen molar-refractivity contribution >= 4 is 13.7 Å². The van der Waals surface area contributed by atoms with Crippen LogP contribution < -0.4 is 5.32 Å². The number of aliphatic hydroxyl groups is 1. The molecule has 0 radical (unpaired) electrons. The van der Waals surface area contributed by atoms with Crippen LogP contribution >= 0.6 is 7.82 Å². The zero-order valence-corrected chi connectivity index (χ0v) is 48.1. The molecule has 3 atom stereocenters. The normalized spacial score (nSPS) is 14.4. The predicted molar refractivity (Wildman–Crippen MR) is 309 cm³/mol. The highest BCUT2D eigenvalue weighted by molar-refractivity contribution is 7.47. The third-order valence-corrected chi connectivity index (χ3v) is 14.1. The van der Waals surface area contributed by atoms with Gasteiger partial charge in [-0.3, -0.25) is 13.8 Å². The Balaban J connectivity index is 4.22. The molecule has 0 aromatic rings. The van der Waals surface area contributed by atoms with Gasteiger partial charge in [0.1, 0.15) is 13.2 Å². The number of allylic oxidation sites excluding steroid dienone is 11. The van der Waals surface area contributed by atoms with Crippen molar-refractivity contribution in [2.24, 2.45) is 0 Å². The Morgan fingerprint density at radius 1 is 0.493 bits per heavy atom. The van der Waals surface area contributed by atoms with Crippen LogP contribution in [0.4, 0.5) is 0 Å². The highest BCUT2D eigenvalue weighted by Crippen LogP contribution is 2.43. The lowest BCUT2D eigenvalue weighted by Gasteiger charge is -2.25. The summed E-state index contributed by atoms with van der Waals surface area (Å²) in [5, 5.41) is 13.9. The maximum absolute atomic E-state index is 13.0. The molecule has 1 amide bonds. The second kappa shape index (κ2) is 52.8. The number of likely N-dealkylation sites (N-methyl/N-ethyl adjacent to an activating group) is 1. The third kappa shape index (κ3) is 55.5. The SMILES string of the molecule is CC/C=C\C/C=C\C/C=C\C/C=C\CCCCCCCCCCCCCCCCC(=O)NC(COP(=O)(O)OCC[N+](C)(C)C)C(O)/C=C/CC/C=C/CCCCCCCCCCCCCCCCCC. The number of hydrogen-bond acceptors (Lipinski definition) is 5. The third-order valence-electron chi connectivity index (χ3n) is 13.2. The van der Waals surface area contributed by atoms with Crippen molar-refractivity contribution in [1.82, 2.24) is 5.32 Å². The predicted octanol–water partition coefficient (Wildman–Crippen LogP) is 18.3. The monoisotopic (exact) mass is 1020 g/mol. The minimum Gasteiger partial charge on any atom is -0.387 e. The van der Waals surface area contributed by atoms with E-state index in [0.29, 0.717) is 17.4 Å². The van der Waals surface area contributed by atoms with Gasteiger partial charge in [-0.05, 0) is 70.6 Å². The number of rotatable bonds is 54. The maximum atomic E-state index is 13.0. The summed E-state index contributed by atoms with van der Waals surface area (Å²) in [5.74, 6) is -0.187. The van der Waals surface area contributed by atoms with Gasteiger partial charge in [-0.2, -0.15) is 0 Å². The maximum Gasteiger partial charge on any atom is 0.472 e. The summed E-state index contributed by atoms with van der Waals surface area (Å²) in [7, 11) is 1.55. The number of nitrogens with one attached hydrogen (secondary N) is 1. The lowest BCUT2D eigenvalue weighted by molar-refractivity contribution is -0.870. The quantitative estimate of drug-likeness (QED) is 0.0243. The topological polar surface area (TPSA) is 105 Å². The Morgan fingerprint density at radius 3 is 1.30 bits per heavy atom. The van der Waals surface area contributed by atoms with Crippen molar-refractivity contribution in [2.45, 2.75) is 276 Å². The van der Waals surface area contributed by atoms with E-state index >= 15 is 0 Å². The van der Waals surface area contributed by atoms with Gasteiger partial charge in [0.2, 0.25) is 5.91 Å². The first-order valence-corrected chi connectivity index (χ1v) is 31.3. The molecular weight excluding hydrogens is 900 g/mol. The van der Waals surface area contributed by atoms with Crippen LogP contribution in [0.2, 0.25) is 0 Å². The summed E-state index contributed by atoms with van der Waals surface area (Å²) >= 11 is 0. The molecule has 71 heavy (non-hydrogen) atoms. The van der Waals surface area contributed by atoms with E-state index < -0.39 is 20.0 Å². The van der Waals surface area contributed by atoms with Gasteiger partial charge in [-0.1, -0.05) is 260 Å². The van der Waals surface area contributed by atoms with Crippen molar-refractivity contribution < 1.29 is 32.9 Å². The van der Waals surface area contributed by atoms with Crippen molar-refractivity contribution in [3.05, 3.63) is 72.9 Å². The van der Waals surface area contributed by atoms with Crippen LogP contribution in [0.15, 0.2) is 72.9 Å². The smallest absolute Gasteiger partial charge is 0.387 e. The minimum atomic E-state index is -4.36. The summed E-state index contributed by atoms with van der Waals surface area (Å²) in [4.78, 5) is 23.3. The molecule has 0 aromatic carbocycles. The van der Waals surface area contributed by atoms with E-state index in [2.05, 4.69) is 79.9 Å². The summed E-state index contributed by atoms with van der Waals surface area (Å²) in [6, 6.07) is -0.867. The number of aliphatic hydroxyl groups excluding tert-OH is 1. The van der Waals surface area contributed by atoms with Crippen LogP contribution in [0, 0.1) is 0 Å². The summed E-state index contributed by atoms with van der Waals surface area (Å²) in [5.41, 5.74) is 0. The summed E-state index contributed by atoms with van der Waals surface area (Å²) in [6.07, 6.45) is 73.0. The Kier molecular flexibility index (Phi) is 51.3. The molecule has 0 aliphatic carbocycles. The van der Waals surface area contributed by atoms with Crippen molar-refractivity contribution in [3.8, 4) is 0 Å². The first-order valence-electron chi connectivity index (χ1n) is 29.8. The highest BCUT2D eigenvalue weighted by Gasteiger charge is 2.27. The Bertz CT molecular complexity index is 1380. The Morgan fingerprint density at radius 2 is 0.859 bits per heavy atom. The molecule has 0 spiro atoms. The second-order valence-corrected chi connectivity index (χ2v) is 22.8. The fraction of sp³-hybridized carbons (Fsp3) is 0.790. The van der Waals surface area contributed by atoms with Crippen LogP contribution in [0.3, 0.4) is 0 Å². The molecule has 0 fully saturated rings. The average molecular weight is 1020 g/mol. The summed E-state index contributed by atoms with van der Waals surface area (Å²) in [6.45, 7) is 4.70. The first-order chi connectivity index (χ1) is 34.5. The van der Waals surface area contributed by atoms with Crippen LogP contribution in [0.5, 0.6) is 0 Å². The largest absolute Gasteiger partial charge is 0.472 e. The Hall–Kier alpha value is -2.06. The van der Waals surface area contributed by atoms with Gasteiger partial charge in [-0.15, -0.1) is 0 Å². The number of hydrogen-bond donors (Lipinski definition) is 3. The zero-order chi connectivity index (χ0) is 52.0. The minimum absolute atomic E-state index is 0.0543. The van der Waals surface area contributed by atoms with E-state index in [1.807, 2.05) is 27.2 Å². The molecule has 0 aromatic heterocycles. The number of phosphoric acid groups is 1. The molecule has 8 nitrogen and oxygen atoms in total. The second-order valence-electron chi connectivity index (χ2n) is 21.3. The molecule has 414 valence electrons. The van der Waals surface area contributed by atoms with Crippen LogP contribution in [-0.4, -0.2) is 73.4 Å². The van der Waals surface area contributed by atoms with E-state index in [4.69, 9.17) is 9.05 Å². The van der Waals surface area contributed by atoms with Gasteiger partial charge in [-0.25, -0.2) is 4.57 Å². The zero-order valence-electron chi connectivity index (χ0n) is 47.2. The van der Waals surface area contributed by atoms with Gasteiger partial charge in [0.15, 0.2) is 0 Å².